The summed E-state index contributed by atoms with van der Waals surface area (Å²) in [5.74, 6) is 0.397. The summed E-state index contributed by atoms with van der Waals surface area (Å²) in [7, 11) is 3.37. The van der Waals surface area contributed by atoms with E-state index in [4.69, 9.17) is 4.74 Å². The second-order valence-electron chi connectivity index (χ2n) is 8.29. The van der Waals surface area contributed by atoms with Gasteiger partial charge in [0.2, 0.25) is 0 Å². The first-order valence-electron chi connectivity index (χ1n) is 11.1. The van der Waals surface area contributed by atoms with Crippen molar-refractivity contribution in [2.45, 2.75) is 6.61 Å². The van der Waals surface area contributed by atoms with Gasteiger partial charge in [0.25, 0.3) is 5.37 Å². The number of hydrogen-bond donors (Lipinski definition) is 1. The number of para-hydroxylation sites is 1. The van der Waals surface area contributed by atoms with E-state index in [0.717, 1.165) is 16.5 Å². The largest absolute Gasteiger partial charge is 0.498 e. The summed E-state index contributed by atoms with van der Waals surface area (Å²) in [5, 5.41) is 5.35. The number of nitrogens with two attached hydrogens (primary N) is 1. The number of hydrogen-bond acceptors (Lipinski definition) is 4. The van der Waals surface area contributed by atoms with Crippen LogP contribution in [0.25, 0.3) is 10.9 Å². The molecule has 0 fully saturated rings. The van der Waals surface area contributed by atoms with Crippen molar-refractivity contribution in [1.29, 1.82) is 0 Å². The highest BCUT2D eigenvalue weighted by Crippen LogP contribution is 2.28. The number of ether oxygens (including phenoxy) is 1. The first-order valence-corrected chi connectivity index (χ1v) is 12.0. The lowest BCUT2D eigenvalue weighted by Crippen LogP contribution is -2.86. The van der Waals surface area contributed by atoms with Crippen molar-refractivity contribution in [3.63, 3.8) is 0 Å². The fourth-order valence-corrected chi connectivity index (χ4v) is 4.80. The number of benzene rings is 2. The highest BCUT2D eigenvalue weighted by atomic mass is 32.1. The normalized spacial score (nSPS) is 12.9. The third-order valence-electron chi connectivity index (χ3n) is 5.67. The fourth-order valence-electron chi connectivity index (χ4n) is 3.92. The molecule has 0 aliphatic carbocycles. The van der Waals surface area contributed by atoms with Crippen LogP contribution in [0.3, 0.4) is 0 Å². The predicted octanol–water partition coefficient (Wildman–Crippen LogP) is 2.06. The van der Waals surface area contributed by atoms with Crippen LogP contribution in [0.15, 0.2) is 79.3 Å². The van der Waals surface area contributed by atoms with Crippen LogP contribution in [-0.4, -0.2) is 41.2 Å². The minimum atomic E-state index is -0.258. The molecular weight excluding hydrogens is 460 g/mol. The van der Waals surface area contributed by atoms with E-state index in [1.54, 1.807) is 32.7 Å². The zero-order chi connectivity index (χ0) is 24.4. The molecule has 5 rings (SSSR count). The molecular formula is C27H24N4O3S. The molecule has 0 radical (unpaired) electrons. The van der Waals surface area contributed by atoms with Crippen LogP contribution in [0.5, 0.6) is 5.75 Å². The number of carbonyl (C=O) groups excluding carboxylic acids is 2. The van der Waals surface area contributed by atoms with E-state index in [-0.39, 0.29) is 11.8 Å². The van der Waals surface area contributed by atoms with Gasteiger partial charge in [-0.2, -0.15) is 0 Å². The molecule has 0 unspecified atom stereocenters. The molecule has 176 valence electrons. The van der Waals surface area contributed by atoms with Crippen LogP contribution in [0, 0.1) is 11.4 Å². The maximum Gasteiger partial charge on any atom is 0.442 e. The molecule has 0 bridgehead atoms. The second kappa shape index (κ2) is 9.61. The second-order valence-corrected chi connectivity index (χ2v) is 9.20. The number of nitrogens with zero attached hydrogens (tertiary/aromatic N) is 3. The smallest absolute Gasteiger partial charge is 0.442 e. The van der Waals surface area contributed by atoms with Crippen LogP contribution in [0.4, 0.5) is 4.79 Å². The predicted molar refractivity (Wildman–Crippen MR) is 135 cm³/mol. The number of aromatic nitrogens is 2. The molecule has 2 aromatic carbocycles. The number of carbonyl (C=O) groups is 2. The van der Waals surface area contributed by atoms with Gasteiger partial charge in [0.1, 0.15) is 23.7 Å². The molecule has 4 aromatic rings. The Labute approximate surface area is 207 Å². The van der Waals surface area contributed by atoms with Gasteiger partial charge in [-0.25, -0.2) is 9.36 Å². The molecule has 0 atom stereocenters. The monoisotopic (exact) mass is 484 g/mol. The van der Waals surface area contributed by atoms with Crippen molar-refractivity contribution in [2.75, 3.05) is 14.1 Å². The molecule has 2 N–H and O–H groups in total. The number of fused-ring (bicyclic) bond motifs is 1. The van der Waals surface area contributed by atoms with Gasteiger partial charge in [0, 0.05) is 6.20 Å². The number of amides is 1. The van der Waals surface area contributed by atoms with Gasteiger partial charge in [-0.15, -0.1) is 18.2 Å². The highest BCUT2D eigenvalue weighted by molar-refractivity contribution is 7.81. The lowest BCUT2D eigenvalue weighted by molar-refractivity contribution is -0.580. The van der Waals surface area contributed by atoms with E-state index in [1.807, 2.05) is 71.3 Å². The minimum Gasteiger partial charge on any atom is -0.498 e. The van der Waals surface area contributed by atoms with E-state index in [0.29, 0.717) is 34.9 Å². The van der Waals surface area contributed by atoms with Crippen molar-refractivity contribution in [2.24, 2.45) is 0 Å². The van der Waals surface area contributed by atoms with Crippen molar-refractivity contribution >= 4 is 39.4 Å². The molecule has 0 saturated heterocycles. The molecule has 2 aromatic heterocycles. The molecule has 35 heavy (non-hydrogen) atoms. The van der Waals surface area contributed by atoms with Crippen molar-refractivity contribution in [3.8, 4) is 5.75 Å². The standard InChI is InChI=1S/C27H24N4O3S/c1-30(2)27(33)31-15-21(25(32)22-17-35-26(29-22)19-10-7-13-28-14-19)20-11-6-12-23(24(20)31)34-16-18-8-4-3-5-9-18/h3-15,17H,16,29H2,1-2H3. The zero-order valence-corrected chi connectivity index (χ0v) is 20.2. The molecule has 7 nitrogen and oxygen atoms in total. The average molecular weight is 485 g/mol. The Morgan fingerprint density at radius 2 is 1.91 bits per heavy atom. The van der Waals surface area contributed by atoms with Gasteiger partial charge in [0.05, 0.1) is 20.1 Å². The number of quaternary nitrogens is 1. The SMILES string of the molecule is CN(C)C(=O)[n+]1cc(C(=O)[C-]2C=[S+][C-](c3cccnc3)[NH2+]2)c2cccc(OCc3ccccc3)[c-]21. The number of ketones is 1. The van der Waals surface area contributed by atoms with Crippen LogP contribution in [-0.2, 0) is 18.0 Å². The Bertz CT molecular complexity index is 1400. The summed E-state index contributed by atoms with van der Waals surface area (Å²) < 4.78 is 7.63. The van der Waals surface area contributed by atoms with E-state index >= 15 is 0 Å². The Kier molecular flexibility index (Phi) is 6.22. The number of rotatable bonds is 6. The summed E-state index contributed by atoms with van der Waals surface area (Å²) in [4.78, 5) is 32.3. The minimum absolute atomic E-state index is 0.146. The Balaban J connectivity index is 1.49. The highest BCUT2D eigenvalue weighted by Gasteiger charge is 2.34. The van der Waals surface area contributed by atoms with Gasteiger partial charge in [-0.3, -0.25) is 4.90 Å². The van der Waals surface area contributed by atoms with Gasteiger partial charge in [-0.05, 0) is 22.9 Å². The third kappa shape index (κ3) is 4.49. The Hall–Kier alpha value is -4.14. The molecule has 1 aliphatic rings. The first-order chi connectivity index (χ1) is 17.0. The quantitative estimate of drug-likeness (QED) is 0.149. The van der Waals surface area contributed by atoms with Gasteiger partial charge in [0.15, 0.2) is 16.7 Å². The van der Waals surface area contributed by atoms with Gasteiger partial charge >= 0.3 is 6.03 Å². The summed E-state index contributed by atoms with van der Waals surface area (Å²) in [6, 6.07) is 19.5. The van der Waals surface area contributed by atoms with Gasteiger partial charge in [-0.1, -0.05) is 54.0 Å². The Morgan fingerprint density at radius 1 is 1.09 bits per heavy atom. The van der Waals surface area contributed by atoms with Crippen LogP contribution >= 0.6 is 0 Å². The van der Waals surface area contributed by atoms with Crippen LogP contribution in [0.2, 0.25) is 0 Å². The van der Waals surface area contributed by atoms with Crippen molar-refractivity contribution in [3.05, 3.63) is 107 Å². The third-order valence-corrected chi connectivity index (χ3v) is 6.65. The summed E-state index contributed by atoms with van der Waals surface area (Å²) in [6.07, 6.45) is 5.11. The molecule has 1 aliphatic heterocycles. The molecule has 8 heteroatoms. The van der Waals surface area contributed by atoms with Crippen LogP contribution < -0.4 is 14.6 Å². The molecule has 3 heterocycles. The summed E-state index contributed by atoms with van der Waals surface area (Å²) in [5.41, 5.74) is 3.00. The first kappa shape index (κ1) is 22.6. The number of pyridine rings is 1. The molecule has 1 amide bonds. The van der Waals surface area contributed by atoms with Crippen molar-refractivity contribution in [1.82, 2.24) is 9.88 Å². The zero-order valence-electron chi connectivity index (χ0n) is 19.3. The van der Waals surface area contributed by atoms with E-state index in [1.165, 1.54) is 20.8 Å². The lowest BCUT2D eigenvalue weighted by Gasteiger charge is -2.13. The Morgan fingerprint density at radius 3 is 2.66 bits per heavy atom. The van der Waals surface area contributed by atoms with Crippen molar-refractivity contribution < 1.29 is 24.2 Å². The van der Waals surface area contributed by atoms with E-state index < -0.39 is 0 Å². The maximum absolute atomic E-state index is 13.6. The van der Waals surface area contributed by atoms with Gasteiger partial charge < -0.3 is 19.8 Å². The lowest BCUT2D eigenvalue weighted by atomic mass is 10.0. The molecule has 0 saturated carbocycles. The summed E-state index contributed by atoms with van der Waals surface area (Å²) in [6.45, 7) is 0.351. The van der Waals surface area contributed by atoms with E-state index in [9.17, 15) is 9.59 Å². The number of Topliss-reactive ketones (excluding diaryl/α,β-unsaturated/α-hetero) is 1. The average Bonchev–Trinajstić information content (AvgIpc) is 3.54. The van der Waals surface area contributed by atoms with Crippen LogP contribution in [0.1, 0.15) is 21.5 Å². The van der Waals surface area contributed by atoms with E-state index in [2.05, 4.69) is 4.98 Å². The summed E-state index contributed by atoms with van der Waals surface area (Å²) >= 11 is 1.49. The molecule has 0 spiro atoms. The maximum atomic E-state index is 13.6. The topological polar surface area (TPSA) is 80.0 Å². The fraction of sp³-hybridized carbons (Fsp3) is 0.111.